The summed E-state index contributed by atoms with van der Waals surface area (Å²) in [6, 6.07) is 14.3. The number of thiazole rings is 1. The Morgan fingerprint density at radius 2 is 1.75 bits per heavy atom. The van der Waals surface area contributed by atoms with Crippen LogP contribution in [0.4, 0.5) is 5.13 Å². The van der Waals surface area contributed by atoms with Crippen LogP contribution < -0.4 is 57.1 Å². The first kappa shape index (κ1) is 18.5. The smallest absolute Gasteiger partial charge is 0.796 e. The van der Waals surface area contributed by atoms with Gasteiger partial charge in [-0.25, -0.2) is 4.98 Å². The van der Waals surface area contributed by atoms with E-state index in [4.69, 9.17) is 17.3 Å². The second kappa shape index (κ2) is 8.75. The molecule has 2 nitrogen and oxygen atoms in total. The summed E-state index contributed by atoms with van der Waals surface area (Å²) < 4.78 is 0.638. The third kappa shape index (κ3) is 3.99. The standard InChI is InChI=1S/C13H9ClN2S.CH4S.K/c14-12-11(16-13(15)17-12)10-7-3-5-8-4-1-2-6-9(8)10;1-2;/h1-7H,(H2,15,16);2H,1H3;/q;;+1/p-1. The molecule has 0 spiro atoms. The molecule has 6 heteroatoms. The topological polar surface area (TPSA) is 38.9 Å². The summed E-state index contributed by atoms with van der Waals surface area (Å²) in [7, 11) is 0. The number of nitrogens with two attached hydrogens (primary N) is 1. The van der Waals surface area contributed by atoms with Crippen molar-refractivity contribution in [3.63, 3.8) is 0 Å². The molecule has 2 aromatic carbocycles. The van der Waals surface area contributed by atoms with Crippen LogP contribution in [0, 0.1) is 0 Å². The number of anilines is 1. The normalized spacial score (nSPS) is 9.55. The van der Waals surface area contributed by atoms with Gasteiger partial charge in [-0.15, -0.1) is 0 Å². The Balaban J connectivity index is 0.000000639. The number of halogens is 1. The van der Waals surface area contributed by atoms with Gasteiger partial charge in [0.25, 0.3) is 0 Å². The zero-order chi connectivity index (χ0) is 13.8. The fourth-order valence-electron chi connectivity index (χ4n) is 1.92. The van der Waals surface area contributed by atoms with E-state index in [1.54, 1.807) is 6.26 Å². The second-order valence-corrected chi connectivity index (χ2v) is 5.33. The van der Waals surface area contributed by atoms with Crippen LogP contribution in [0.1, 0.15) is 0 Å². The molecule has 0 bridgehead atoms. The van der Waals surface area contributed by atoms with Gasteiger partial charge in [0.1, 0.15) is 10.0 Å². The van der Waals surface area contributed by atoms with E-state index in [2.05, 4.69) is 35.8 Å². The van der Waals surface area contributed by atoms with E-state index in [1.807, 2.05) is 24.3 Å². The minimum Gasteiger partial charge on any atom is -0.796 e. The Labute approximate surface area is 175 Å². The number of fused-ring (bicyclic) bond motifs is 1. The predicted molar refractivity (Wildman–Crippen MR) is 87.8 cm³/mol. The van der Waals surface area contributed by atoms with Crippen LogP contribution in [0.5, 0.6) is 0 Å². The fourth-order valence-corrected chi connectivity index (χ4v) is 2.87. The number of nitrogen functional groups attached to an aromatic ring is 1. The quantitative estimate of drug-likeness (QED) is 0.534. The largest absolute Gasteiger partial charge is 1.00 e. The summed E-state index contributed by atoms with van der Waals surface area (Å²) in [6.07, 6.45) is 1.58. The van der Waals surface area contributed by atoms with E-state index in [0.717, 1.165) is 16.6 Å². The second-order valence-electron chi connectivity index (χ2n) is 3.70. The van der Waals surface area contributed by atoms with Crippen molar-refractivity contribution < 1.29 is 51.4 Å². The molecule has 0 amide bonds. The molecular formula is C14H12ClKN2S2. The van der Waals surface area contributed by atoms with Gasteiger partial charge in [0.2, 0.25) is 0 Å². The number of benzene rings is 2. The van der Waals surface area contributed by atoms with Crippen molar-refractivity contribution >= 4 is 51.5 Å². The zero-order valence-corrected chi connectivity index (χ0v) is 16.8. The van der Waals surface area contributed by atoms with Crippen LogP contribution in [0.2, 0.25) is 4.34 Å². The van der Waals surface area contributed by atoms with Crippen molar-refractivity contribution in [2.75, 3.05) is 12.0 Å². The van der Waals surface area contributed by atoms with E-state index in [-0.39, 0.29) is 51.4 Å². The van der Waals surface area contributed by atoms with E-state index >= 15 is 0 Å². The summed E-state index contributed by atoms with van der Waals surface area (Å²) >= 11 is 11.5. The molecule has 3 rings (SSSR count). The van der Waals surface area contributed by atoms with E-state index in [1.165, 1.54) is 16.7 Å². The fraction of sp³-hybridized carbons (Fsp3) is 0.0714. The van der Waals surface area contributed by atoms with Gasteiger partial charge >= 0.3 is 51.4 Å². The number of hydrogen-bond acceptors (Lipinski definition) is 4. The van der Waals surface area contributed by atoms with Crippen LogP contribution in [-0.4, -0.2) is 11.2 Å². The molecule has 20 heavy (non-hydrogen) atoms. The van der Waals surface area contributed by atoms with Crippen molar-refractivity contribution in [3.05, 3.63) is 46.8 Å². The summed E-state index contributed by atoms with van der Waals surface area (Å²) in [5, 5.41) is 2.81. The molecule has 0 fully saturated rings. The molecule has 0 atom stereocenters. The maximum absolute atomic E-state index is 6.16. The Morgan fingerprint density at radius 3 is 2.40 bits per heavy atom. The molecule has 0 aliphatic rings. The van der Waals surface area contributed by atoms with E-state index < -0.39 is 0 Å². The molecule has 1 aromatic heterocycles. The monoisotopic (exact) mass is 346 g/mol. The van der Waals surface area contributed by atoms with Crippen molar-refractivity contribution in [3.8, 4) is 11.3 Å². The van der Waals surface area contributed by atoms with Crippen molar-refractivity contribution in [1.82, 2.24) is 4.98 Å². The van der Waals surface area contributed by atoms with E-state index in [9.17, 15) is 0 Å². The molecule has 1 heterocycles. The molecule has 98 valence electrons. The molecule has 0 unspecified atom stereocenters. The predicted octanol–water partition coefficient (Wildman–Crippen LogP) is 1.37. The number of nitrogens with zero attached hydrogens (tertiary/aromatic N) is 1. The molecule has 0 radical (unpaired) electrons. The van der Waals surface area contributed by atoms with Crippen molar-refractivity contribution in [2.45, 2.75) is 0 Å². The summed E-state index contributed by atoms with van der Waals surface area (Å²) in [6.45, 7) is 0. The minimum absolute atomic E-state index is 0. The third-order valence-electron chi connectivity index (χ3n) is 2.65. The Morgan fingerprint density at radius 1 is 1.10 bits per heavy atom. The zero-order valence-electron chi connectivity index (χ0n) is 11.3. The molecule has 0 aliphatic carbocycles. The van der Waals surface area contributed by atoms with Crippen LogP contribution >= 0.6 is 22.9 Å². The first-order chi connectivity index (χ1) is 9.25. The summed E-state index contributed by atoms with van der Waals surface area (Å²) in [5.74, 6) is 0. The first-order valence-electron chi connectivity index (χ1n) is 5.56. The maximum Gasteiger partial charge on any atom is 1.00 e. The molecule has 3 aromatic rings. The van der Waals surface area contributed by atoms with Gasteiger partial charge in [-0.2, -0.15) is 6.26 Å². The van der Waals surface area contributed by atoms with Gasteiger partial charge in [-0.1, -0.05) is 65.4 Å². The Kier molecular flexibility index (Phi) is 8.08. The summed E-state index contributed by atoms with van der Waals surface area (Å²) in [5.41, 5.74) is 7.48. The molecule has 0 aliphatic heterocycles. The molecule has 2 N–H and O–H groups in total. The summed E-state index contributed by atoms with van der Waals surface area (Å²) in [4.78, 5) is 4.29. The van der Waals surface area contributed by atoms with Gasteiger partial charge in [-0.05, 0) is 10.8 Å². The van der Waals surface area contributed by atoms with Crippen LogP contribution in [0.3, 0.4) is 0 Å². The molecular weight excluding hydrogens is 335 g/mol. The first-order valence-corrected chi connectivity index (χ1v) is 7.57. The van der Waals surface area contributed by atoms with Gasteiger partial charge < -0.3 is 18.4 Å². The van der Waals surface area contributed by atoms with Gasteiger partial charge in [0.15, 0.2) is 5.13 Å². The molecule has 0 saturated heterocycles. The van der Waals surface area contributed by atoms with Crippen molar-refractivity contribution in [1.29, 1.82) is 0 Å². The number of aromatic nitrogens is 1. The average molecular weight is 347 g/mol. The SMILES string of the molecule is C[S-].Nc1nc(-c2cccc3ccccc23)c(Cl)s1.[K+]. The van der Waals surface area contributed by atoms with Crippen LogP contribution in [-0.2, 0) is 12.6 Å². The van der Waals surface area contributed by atoms with Crippen LogP contribution in [0.15, 0.2) is 42.5 Å². The maximum atomic E-state index is 6.16. The number of rotatable bonds is 1. The average Bonchev–Trinajstić information content (AvgIpc) is 2.79. The minimum atomic E-state index is 0. The van der Waals surface area contributed by atoms with Gasteiger partial charge in [0, 0.05) is 5.56 Å². The van der Waals surface area contributed by atoms with Gasteiger partial charge in [0.05, 0.1) is 0 Å². The number of hydrogen-bond donors (Lipinski definition) is 1. The van der Waals surface area contributed by atoms with Crippen molar-refractivity contribution in [2.24, 2.45) is 0 Å². The Hall–Kier alpha value is 0.406. The van der Waals surface area contributed by atoms with E-state index in [0.29, 0.717) is 9.47 Å². The third-order valence-corrected chi connectivity index (χ3v) is 3.73. The van der Waals surface area contributed by atoms with Gasteiger partial charge in [-0.3, -0.25) is 0 Å². The Bertz CT molecular complexity index is 695. The molecule has 0 saturated carbocycles. The van der Waals surface area contributed by atoms with Crippen LogP contribution in [0.25, 0.3) is 22.0 Å².